The summed E-state index contributed by atoms with van der Waals surface area (Å²) in [5.74, 6) is 1.55. The highest BCUT2D eigenvalue weighted by atomic mass is 79.9. The first-order valence-electron chi connectivity index (χ1n) is 8.35. The first-order valence-corrected chi connectivity index (χ1v) is 9.96. The minimum Gasteiger partial charge on any atom is -0.494 e. The maximum atomic E-state index is 12.1. The maximum absolute atomic E-state index is 12.1. The molecule has 1 N–H and O–H groups in total. The van der Waals surface area contributed by atoms with Gasteiger partial charge in [0.1, 0.15) is 11.5 Å². The predicted molar refractivity (Wildman–Crippen MR) is 108 cm³/mol. The van der Waals surface area contributed by atoms with Gasteiger partial charge >= 0.3 is 0 Å². The van der Waals surface area contributed by atoms with Gasteiger partial charge in [-0.05, 0) is 55.8 Å². The van der Waals surface area contributed by atoms with Crippen molar-refractivity contribution in [1.29, 1.82) is 0 Å². The van der Waals surface area contributed by atoms with Crippen LogP contribution in [0.15, 0.2) is 46.9 Å². The van der Waals surface area contributed by atoms with Crippen LogP contribution in [0.5, 0.6) is 11.5 Å². The third kappa shape index (κ3) is 5.19. The Bertz CT molecular complexity index is 880. The van der Waals surface area contributed by atoms with E-state index in [1.165, 1.54) is 11.3 Å². The highest BCUT2D eigenvalue weighted by Crippen LogP contribution is 2.29. The molecule has 136 valence electrons. The van der Waals surface area contributed by atoms with E-state index in [1.807, 2.05) is 49.4 Å². The molecule has 0 saturated heterocycles. The van der Waals surface area contributed by atoms with Crippen LogP contribution < -0.4 is 14.8 Å². The van der Waals surface area contributed by atoms with Gasteiger partial charge in [-0.2, -0.15) is 0 Å². The van der Waals surface area contributed by atoms with Gasteiger partial charge < -0.3 is 14.8 Å². The number of nitrogens with one attached hydrogen (secondary N) is 1. The Labute approximate surface area is 164 Å². The van der Waals surface area contributed by atoms with Crippen molar-refractivity contribution in [2.45, 2.75) is 19.8 Å². The number of anilines is 1. The third-order valence-electron chi connectivity index (χ3n) is 3.55. The fourth-order valence-corrected chi connectivity index (χ4v) is 3.53. The summed E-state index contributed by atoms with van der Waals surface area (Å²) in [6.45, 7) is 3.06. The van der Waals surface area contributed by atoms with Gasteiger partial charge in [0, 0.05) is 10.9 Å². The zero-order chi connectivity index (χ0) is 18.4. The van der Waals surface area contributed by atoms with Gasteiger partial charge in [-0.1, -0.05) is 27.3 Å². The van der Waals surface area contributed by atoms with Crippen LogP contribution in [-0.4, -0.2) is 24.1 Å². The van der Waals surface area contributed by atoms with Crippen molar-refractivity contribution in [3.05, 3.63) is 46.9 Å². The molecule has 7 heteroatoms. The van der Waals surface area contributed by atoms with Crippen molar-refractivity contribution < 1.29 is 14.3 Å². The SMILES string of the molecule is CCOc1ccc2nc(NC(=O)CCCOc3ccc(Br)cc3)sc2c1. The molecule has 1 amide bonds. The van der Waals surface area contributed by atoms with E-state index in [4.69, 9.17) is 9.47 Å². The topological polar surface area (TPSA) is 60.5 Å². The van der Waals surface area contributed by atoms with E-state index >= 15 is 0 Å². The molecule has 0 unspecified atom stereocenters. The molecule has 0 aliphatic rings. The lowest BCUT2D eigenvalue weighted by Gasteiger charge is -2.06. The Kier molecular flexibility index (Phi) is 6.46. The largest absolute Gasteiger partial charge is 0.494 e. The summed E-state index contributed by atoms with van der Waals surface area (Å²) < 4.78 is 13.1. The molecule has 0 atom stereocenters. The quantitative estimate of drug-likeness (QED) is 0.491. The first-order chi connectivity index (χ1) is 12.6. The van der Waals surface area contributed by atoms with E-state index in [0.717, 1.165) is 26.2 Å². The van der Waals surface area contributed by atoms with Crippen LogP contribution in [0.4, 0.5) is 5.13 Å². The van der Waals surface area contributed by atoms with E-state index in [0.29, 0.717) is 31.2 Å². The summed E-state index contributed by atoms with van der Waals surface area (Å²) in [5.41, 5.74) is 0.854. The van der Waals surface area contributed by atoms with Crippen molar-refractivity contribution >= 4 is 48.5 Å². The molecule has 3 rings (SSSR count). The maximum Gasteiger partial charge on any atom is 0.226 e. The number of rotatable bonds is 8. The van der Waals surface area contributed by atoms with Crippen LogP contribution in [-0.2, 0) is 4.79 Å². The predicted octanol–water partition coefficient (Wildman–Crippen LogP) is 5.26. The molecule has 0 aliphatic carbocycles. The second kappa shape index (κ2) is 9.00. The van der Waals surface area contributed by atoms with Gasteiger partial charge in [0.05, 0.1) is 23.4 Å². The first kappa shape index (κ1) is 18.7. The number of fused-ring (bicyclic) bond motifs is 1. The molecule has 1 aromatic heterocycles. The van der Waals surface area contributed by atoms with Crippen molar-refractivity contribution in [2.24, 2.45) is 0 Å². The number of hydrogen-bond acceptors (Lipinski definition) is 5. The molecule has 0 bridgehead atoms. The second-order valence-electron chi connectivity index (χ2n) is 5.54. The summed E-state index contributed by atoms with van der Waals surface area (Å²) in [5, 5.41) is 3.46. The number of hydrogen-bond donors (Lipinski definition) is 1. The van der Waals surface area contributed by atoms with Crippen LogP contribution in [0, 0.1) is 0 Å². The van der Waals surface area contributed by atoms with Crippen molar-refractivity contribution in [3.63, 3.8) is 0 Å². The van der Waals surface area contributed by atoms with Crippen LogP contribution in [0.3, 0.4) is 0 Å². The number of carbonyl (C=O) groups excluding carboxylic acids is 1. The standard InChI is InChI=1S/C19H19BrN2O3S/c1-2-24-15-9-10-16-17(12-15)26-19(21-16)22-18(23)4-3-11-25-14-7-5-13(20)6-8-14/h5-10,12H,2-4,11H2,1H3,(H,21,22,23). The lowest BCUT2D eigenvalue weighted by molar-refractivity contribution is -0.116. The zero-order valence-corrected chi connectivity index (χ0v) is 16.7. The average Bonchev–Trinajstić information content (AvgIpc) is 3.02. The minimum atomic E-state index is -0.0616. The van der Waals surface area contributed by atoms with Crippen molar-refractivity contribution in [2.75, 3.05) is 18.5 Å². The fourth-order valence-electron chi connectivity index (χ4n) is 2.35. The molecule has 1 heterocycles. The molecular formula is C19H19BrN2O3S. The summed E-state index contributed by atoms with van der Waals surface area (Å²) in [6, 6.07) is 13.4. The number of amides is 1. The van der Waals surface area contributed by atoms with Gasteiger partial charge in [-0.3, -0.25) is 4.79 Å². The fraction of sp³-hybridized carbons (Fsp3) is 0.263. The molecule has 3 aromatic rings. The molecule has 26 heavy (non-hydrogen) atoms. The minimum absolute atomic E-state index is 0.0616. The Morgan fingerprint density at radius 3 is 2.69 bits per heavy atom. The van der Waals surface area contributed by atoms with Gasteiger partial charge in [-0.15, -0.1) is 0 Å². The third-order valence-corrected chi connectivity index (χ3v) is 5.01. The van der Waals surface area contributed by atoms with Gasteiger partial charge in [0.15, 0.2) is 5.13 Å². The van der Waals surface area contributed by atoms with Crippen LogP contribution >= 0.6 is 27.3 Å². The summed E-state index contributed by atoms with van der Waals surface area (Å²) in [7, 11) is 0. The lowest BCUT2D eigenvalue weighted by Crippen LogP contribution is -2.12. The number of carbonyl (C=O) groups is 1. The van der Waals surface area contributed by atoms with E-state index in [1.54, 1.807) is 0 Å². The number of nitrogens with zero attached hydrogens (tertiary/aromatic N) is 1. The highest BCUT2D eigenvalue weighted by Gasteiger charge is 2.09. The van der Waals surface area contributed by atoms with Crippen molar-refractivity contribution in [1.82, 2.24) is 4.98 Å². The number of benzene rings is 2. The van der Waals surface area contributed by atoms with Crippen molar-refractivity contribution in [3.8, 4) is 11.5 Å². The Morgan fingerprint density at radius 2 is 1.92 bits per heavy atom. The lowest BCUT2D eigenvalue weighted by atomic mass is 10.3. The van der Waals surface area contributed by atoms with Crippen LogP contribution in [0.25, 0.3) is 10.2 Å². The number of ether oxygens (including phenoxy) is 2. The Hall–Kier alpha value is -2.12. The van der Waals surface area contributed by atoms with Crippen LogP contribution in [0.1, 0.15) is 19.8 Å². The van der Waals surface area contributed by atoms with Gasteiger partial charge in [0.25, 0.3) is 0 Å². The summed E-state index contributed by atoms with van der Waals surface area (Å²) >= 11 is 4.83. The van der Waals surface area contributed by atoms with E-state index in [-0.39, 0.29) is 5.91 Å². The molecule has 0 radical (unpaired) electrons. The monoisotopic (exact) mass is 434 g/mol. The molecule has 0 spiro atoms. The number of aromatic nitrogens is 1. The van der Waals surface area contributed by atoms with Crippen LogP contribution in [0.2, 0.25) is 0 Å². The van der Waals surface area contributed by atoms with E-state index in [2.05, 4.69) is 26.2 Å². The molecule has 0 aliphatic heterocycles. The smallest absolute Gasteiger partial charge is 0.226 e. The Morgan fingerprint density at radius 1 is 1.15 bits per heavy atom. The van der Waals surface area contributed by atoms with Gasteiger partial charge in [0.2, 0.25) is 5.91 Å². The van der Waals surface area contributed by atoms with E-state index < -0.39 is 0 Å². The number of thiazole rings is 1. The highest BCUT2D eigenvalue weighted by molar-refractivity contribution is 9.10. The summed E-state index contributed by atoms with van der Waals surface area (Å²) in [4.78, 5) is 16.5. The normalized spacial score (nSPS) is 10.7. The molecule has 5 nitrogen and oxygen atoms in total. The average molecular weight is 435 g/mol. The number of halogens is 1. The van der Waals surface area contributed by atoms with E-state index in [9.17, 15) is 4.79 Å². The molecule has 0 fully saturated rings. The molecule has 2 aromatic carbocycles. The van der Waals surface area contributed by atoms with Gasteiger partial charge in [-0.25, -0.2) is 4.98 Å². The Balaban J connectivity index is 1.46. The second-order valence-corrected chi connectivity index (χ2v) is 7.48. The molecule has 0 saturated carbocycles. The summed E-state index contributed by atoms with van der Waals surface area (Å²) in [6.07, 6.45) is 1.03. The zero-order valence-electron chi connectivity index (χ0n) is 14.3. The molecular weight excluding hydrogens is 416 g/mol.